The molecule has 1 saturated carbocycles. The van der Waals surface area contributed by atoms with Crippen molar-refractivity contribution in [2.45, 2.75) is 36.6 Å². The number of nitrogens with zero attached hydrogens (tertiary/aromatic N) is 1. The third-order valence-corrected chi connectivity index (χ3v) is 6.32. The molecular weight excluding hydrogens is 329 g/mol. The predicted molar refractivity (Wildman–Crippen MR) is 78.8 cm³/mol. The number of hydrogen-bond acceptors (Lipinski definition) is 3. The van der Waals surface area contributed by atoms with Crippen molar-refractivity contribution in [1.82, 2.24) is 9.62 Å². The van der Waals surface area contributed by atoms with Crippen LogP contribution >= 0.6 is 0 Å². The second kappa shape index (κ2) is 6.41. The molecule has 0 aromatic heterocycles. The molecule has 0 amide bonds. The van der Waals surface area contributed by atoms with E-state index < -0.39 is 32.4 Å². The Morgan fingerprint density at radius 2 is 1.61 bits per heavy atom. The van der Waals surface area contributed by atoms with Gasteiger partial charge in [-0.25, -0.2) is 21.6 Å². The van der Waals surface area contributed by atoms with Crippen molar-refractivity contribution in [1.29, 1.82) is 0 Å². The van der Waals surface area contributed by atoms with Crippen molar-refractivity contribution in [2.75, 3.05) is 19.6 Å². The Morgan fingerprint density at radius 3 is 2.13 bits per heavy atom. The van der Waals surface area contributed by atoms with E-state index in [9.17, 15) is 21.6 Å². The fraction of sp³-hybridized carbons (Fsp3) is 0.600. The van der Waals surface area contributed by atoms with Crippen LogP contribution in [0.25, 0.3) is 0 Å². The minimum absolute atomic E-state index is 0.267. The molecule has 0 atom stereocenters. The van der Waals surface area contributed by atoms with E-state index in [0.717, 1.165) is 12.5 Å². The molecule has 1 saturated heterocycles. The Kier molecular flexibility index (Phi) is 4.66. The van der Waals surface area contributed by atoms with Crippen molar-refractivity contribution < 1.29 is 21.6 Å². The molecule has 2 aliphatic rings. The van der Waals surface area contributed by atoms with E-state index in [1.807, 2.05) is 0 Å². The van der Waals surface area contributed by atoms with E-state index in [-0.39, 0.29) is 19.1 Å². The van der Waals surface area contributed by atoms with Crippen LogP contribution in [-0.4, -0.2) is 38.4 Å². The molecule has 0 radical (unpaired) electrons. The van der Waals surface area contributed by atoms with Crippen LogP contribution < -0.4 is 5.32 Å². The number of benzene rings is 1. The van der Waals surface area contributed by atoms with Gasteiger partial charge in [0.1, 0.15) is 0 Å². The molecule has 3 rings (SSSR count). The fourth-order valence-corrected chi connectivity index (χ4v) is 4.28. The fourth-order valence-electron chi connectivity index (χ4n) is 2.79. The molecule has 23 heavy (non-hydrogen) atoms. The summed E-state index contributed by atoms with van der Waals surface area (Å²) in [6.45, 7) is 1.53. The van der Waals surface area contributed by atoms with Gasteiger partial charge < -0.3 is 5.32 Å². The molecule has 1 heterocycles. The summed E-state index contributed by atoms with van der Waals surface area (Å²) in [6.07, 6.45) is 3.81. The summed E-state index contributed by atoms with van der Waals surface area (Å²) < 4.78 is 65.6. The highest BCUT2D eigenvalue weighted by Crippen LogP contribution is 2.28. The molecule has 0 spiro atoms. The van der Waals surface area contributed by atoms with E-state index in [1.54, 1.807) is 0 Å². The summed E-state index contributed by atoms with van der Waals surface area (Å²) in [5.74, 6) is -3.90. The average Bonchev–Trinajstić information content (AvgIpc) is 3.35. The Hall–Kier alpha value is -1.12. The molecule has 1 N–H and O–H groups in total. The zero-order valence-electron chi connectivity index (χ0n) is 12.6. The van der Waals surface area contributed by atoms with Crippen molar-refractivity contribution in [2.24, 2.45) is 5.92 Å². The zero-order valence-corrected chi connectivity index (χ0v) is 13.4. The quantitative estimate of drug-likeness (QED) is 0.831. The van der Waals surface area contributed by atoms with Crippen LogP contribution in [0.5, 0.6) is 0 Å². The van der Waals surface area contributed by atoms with Gasteiger partial charge in [-0.3, -0.25) is 0 Å². The standard InChI is InChI=1S/C15H19F3N2O2S/c16-13-7-12(8-14(17)15(13)18)23(21,22)20-5-3-11(4-6-20)19-9-10-1-2-10/h7-8,10-11,19H,1-6,9H2. The number of piperidine rings is 1. The van der Waals surface area contributed by atoms with Gasteiger partial charge in [0.15, 0.2) is 17.5 Å². The second-order valence-electron chi connectivity index (χ2n) is 6.23. The minimum atomic E-state index is -4.01. The van der Waals surface area contributed by atoms with E-state index in [1.165, 1.54) is 17.1 Å². The van der Waals surface area contributed by atoms with Gasteiger partial charge in [0.05, 0.1) is 4.90 Å². The maximum Gasteiger partial charge on any atom is 0.243 e. The van der Waals surface area contributed by atoms with Crippen LogP contribution in [0.3, 0.4) is 0 Å². The van der Waals surface area contributed by atoms with Crippen molar-refractivity contribution in [3.8, 4) is 0 Å². The molecule has 1 aliphatic heterocycles. The first kappa shape index (κ1) is 16.7. The van der Waals surface area contributed by atoms with E-state index >= 15 is 0 Å². The number of sulfonamides is 1. The molecule has 1 aromatic carbocycles. The van der Waals surface area contributed by atoms with Gasteiger partial charge in [-0.1, -0.05) is 0 Å². The van der Waals surface area contributed by atoms with E-state index in [4.69, 9.17) is 0 Å². The third-order valence-electron chi connectivity index (χ3n) is 4.44. The highest BCUT2D eigenvalue weighted by molar-refractivity contribution is 7.89. The van der Waals surface area contributed by atoms with Gasteiger partial charge in [0.2, 0.25) is 10.0 Å². The first-order valence-electron chi connectivity index (χ1n) is 7.76. The Morgan fingerprint density at radius 1 is 1.04 bits per heavy atom. The molecule has 1 aromatic rings. The second-order valence-corrected chi connectivity index (χ2v) is 8.17. The Labute approximate surface area is 133 Å². The number of hydrogen-bond donors (Lipinski definition) is 1. The minimum Gasteiger partial charge on any atom is -0.314 e. The first-order chi connectivity index (χ1) is 10.9. The third kappa shape index (κ3) is 3.70. The Balaban J connectivity index is 1.66. The topological polar surface area (TPSA) is 49.4 Å². The first-order valence-corrected chi connectivity index (χ1v) is 9.20. The summed E-state index contributed by atoms with van der Waals surface area (Å²) in [5, 5.41) is 3.43. The molecular formula is C15H19F3N2O2S. The van der Waals surface area contributed by atoms with Crippen LogP contribution in [0, 0.1) is 23.4 Å². The van der Waals surface area contributed by atoms with Crippen LogP contribution in [0.2, 0.25) is 0 Å². The normalized spacial score (nSPS) is 20.8. The summed E-state index contributed by atoms with van der Waals surface area (Å²) in [5.41, 5.74) is 0. The van der Waals surface area contributed by atoms with Gasteiger partial charge in [-0.05, 0) is 50.3 Å². The molecule has 1 aliphatic carbocycles. The van der Waals surface area contributed by atoms with Gasteiger partial charge in [0, 0.05) is 19.1 Å². The largest absolute Gasteiger partial charge is 0.314 e. The summed E-state index contributed by atoms with van der Waals surface area (Å²) in [4.78, 5) is -0.543. The SMILES string of the molecule is O=S(=O)(c1cc(F)c(F)c(F)c1)N1CCC(NCC2CC2)CC1. The van der Waals surface area contributed by atoms with Crippen LogP contribution in [0.4, 0.5) is 13.2 Å². The summed E-state index contributed by atoms with van der Waals surface area (Å²) >= 11 is 0. The van der Waals surface area contributed by atoms with Gasteiger partial charge in [-0.15, -0.1) is 0 Å². The number of halogens is 3. The van der Waals surface area contributed by atoms with Gasteiger partial charge in [-0.2, -0.15) is 4.31 Å². The molecule has 8 heteroatoms. The molecule has 0 bridgehead atoms. The lowest BCUT2D eigenvalue weighted by Gasteiger charge is -2.31. The molecule has 0 unspecified atom stereocenters. The Bertz CT molecular complexity index is 661. The molecule has 128 valence electrons. The lowest BCUT2D eigenvalue weighted by molar-refractivity contribution is 0.287. The lowest BCUT2D eigenvalue weighted by atomic mass is 10.1. The monoisotopic (exact) mass is 348 g/mol. The molecule has 2 fully saturated rings. The van der Waals surface area contributed by atoms with Crippen molar-refractivity contribution >= 4 is 10.0 Å². The van der Waals surface area contributed by atoms with Crippen LogP contribution in [0.1, 0.15) is 25.7 Å². The van der Waals surface area contributed by atoms with Crippen LogP contribution in [0.15, 0.2) is 17.0 Å². The summed E-state index contributed by atoms with van der Waals surface area (Å²) in [7, 11) is -4.01. The van der Waals surface area contributed by atoms with Gasteiger partial charge in [0.25, 0.3) is 0 Å². The maximum absolute atomic E-state index is 13.3. The summed E-state index contributed by atoms with van der Waals surface area (Å²) in [6, 6.07) is 1.33. The highest BCUT2D eigenvalue weighted by atomic mass is 32.2. The van der Waals surface area contributed by atoms with Crippen LogP contribution in [-0.2, 0) is 10.0 Å². The van der Waals surface area contributed by atoms with Gasteiger partial charge >= 0.3 is 0 Å². The van der Waals surface area contributed by atoms with Crippen molar-refractivity contribution in [3.63, 3.8) is 0 Å². The average molecular weight is 348 g/mol. The van der Waals surface area contributed by atoms with Crippen molar-refractivity contribution in [3.05, 3.63) is 29.6 Å². The zero-order chi connectivity index (χ0) is 16.6. The smallest absolute Gasteiger partial charge is 0.243 e. The highest BCUT2D eigenvalue weighted by Gasteiger charge is 2.31. The predicted octanol–water partition coefficient (Wildman–Crippen LogP) is 2.26. The molecule has 4 nitrogen and oxygen atoms in total. The van der Waals surface area contributed by atoms with E-state index in [2.05, 4.69) is 5.32 Å². The number of nitrogens with one attached hydrogen (secondary N) is 1. The maximum atomic E-state index is 13.3. The van der Waals surface area contributed by atoms with E-state index in [0.29, 0.717) is 25.0 Å². The lowest BCUT2D eigenvalue weighted by Crippen LogP contribution is -2.45. The number of rotatable bonds is 5.